The van der Waals surface area contributed by atoms with Crippen LogP contribution in [0.3, 0.4) is 0 Å². The van der Waals surface area contributed by atoms with E-state index in [4.69, 9.17) is 11.6 Å². The van der Waals surface area contributed by atoms with Crippen molar-refractivity contribution in [2.75, 3.05) is 16.8 Å². The van der Waals surface area contributed by atoms with Gasteiger partial charge in [0.25, 0.3) is 0 Å². The van der Waals surface area contributed by atoms with E-state index in [1.54, 1.807) is 6.07 Å². The number of benzene rings is 2. The standard InChI is InChI=1S/C17H15ClN2O2/c18-12-6-7-14-16(10-12)20(13-4-2-1-3-5-13)9-8-15(19-14)17(22)11-21/h1-7,10-11,15,19H,8-9H2. The quantitative estimate of drug-likeness (QED) is 0.696. The van der Waals surface area contributed by atoms with Crippen LogP contribution >= 0.6 is 11.6 Å². The van der Waals surface area contributed by atoms with Gasteiger partial charge in [0.1, 0.15) is 0 Å². The zero-order valence-corrected chi connectivity index (χ0v) is 12.6. The van der Waals surface area contributed by atoms with Gasteiger partial charge in [0.2, 0.25) is 5.78 Å². The molecule has 1 atom stereocenters. The van der Waals surface area contributed by atoms with Gasteiger partial charge in [-0.2, -0.15) is 0 Å². The second kappa shape index (κ2) is 6.20. The normalized spacial score (nSPS) is 17.1. The molecule has 0 bridgehead atoms. The average molecular weight is 315 g/mol. The molecule has 0 aromatic heterocycles. The fraction of sp³-hybridized carbons (Fsp3) is 0.176. The SMILES string of the molecule is O=CC(=O)C1CCN(c2ccccc2)c2cc(Cl)ccc2N1. The number of nitrogens with zero attached hydrogens (tertiary/aromatic N) is 1. The topological polar surface area (TPSA) is 49.4 Å². The lowest BCUT2D eigenvalue weighted by Gasteiger charge is -2.24. The summed E-state index contributed by atoms with van der Waals surface area (Å²) in [6, 6.07) is 14.9. The van der Waals surface area contributed by atoms with Gasteiger partial charge in [-0.25, -0.2) is 0 Å². The molecule has 1 aliphatic rings. The number of rotatable bonds is 3. The number of nitrogens with one attached hydrogen (secondary N) is 1. The molecule has 0 radical (unpaired) electrons. The monoisotopic (exact) mass is 314 g/mol. The van der Waals surface area contributed by atoms with E-state index in [2.05, 4.69) is 10.2 Å². The van der Waals surface area contributed by atoms with Gasteiger partial charge in [-0.1, -0.05) is 29.8 Å². The molecule has 0 saturated heterocycles. The molecule has 0 amide bonds. The molecule has 2 aromatic carbocycles. The maximum Gasteiger partial charge on any atom is 0.217 e. The molecule has 2 aromatic rings. The molecule has 0 saturated carbocycles. The van der Waals surface area contributed by atoms with Gasteiger partial charge in [0.15, 0.2) is 6.29 Å². The van der Waals surface area contributed by atoms with Crippen LogP contribution in [0.15, 0.2) is 48.5 Å². The van der Waals surface area contributed by atoms with Gasteiger partial charge in [0, 0.05) is 17.3 Å². The highest BCUT2D eigenvalue weighted by atomic mass is 35.5. The summed E-state index contributed by atoms with van der Waals surface area (Å²) in [7, 11) is 0. The summed E-state index contributed by atoms with van der Waals surface area (Å²) >= 11 is 6.13. The molecule has 3 rings (SSSR count). The summed E-state index contributed by atoms with van der Waals surface area (Å²) in [5, 5.41) is 3.78. The number of halogens is 1. The Hall–Kier alpha value is -2.33. The van der Waals surface area contributed by atoms with E-state index >= 15 is 0 Å². The number of hydrogen-bond donors (Lipinski definition) is 1. The molecule has 112 valence electrons. The number of carbonyl (C=O) groups is 2. The predicted molar refractivity (Wildman–Crippen MR) is 88.0 cm³/mol. The summed E-state index contributed by atoms with van der Waals surface area (Å²) in [5.41, 5.74) is 2.72. The Morgan fingerprint density at radius 3 is 2.73 bits per heavy atom. The van der Waals surface area contributed by atoms with Crippen molar-refractivity contribution in [3.8, 4) is 0 Å². The highest BCUT2D eigenvalue weighted by Gasteiger charge is 2.26. The molecule has 1 heterocycles. The maximum absolute atomic E-state index is 11.8. The van der Waals surface area contributed by atoms with Crippen molar-refractivity contribution in [1.82, 2.24) is 0 Å². The molecular weight excluding hydrogens is 300 g/mol. The molecule has 1 unspecified atom stereocenters. The molecular formula is C17H15ClN2O2. The Kier molecular flexibility index (Phi) is 4.11. The van der Waals surface area contributed by atoms with Gasteiger partial charge >= 0.3 is 0 Å². The number of aldehydes is 1. The fourth-order valence-electron chi connectivity index (χ4n) is 2.66. The van der Waals surface area contributed by atoms with E-state index in [9.17, 15) is 9.59 Å². The van der Waals surface area contributed by atoms with Crippen LogP contribution in [0, 0.1) is 0 Å². The molecule has 5 heteroatoms. The number of hydrogen-bond acceptors (Lipinski definition) is 4. The molecule has 0 aliphatic carbocycles. The van der Waals surface area contributed by atoms with Crippen molar-refractivity contribution in [3.63, 3.8) is 0 Å². The Morgan fingerprint density at radius 2 is 2.00 bits per heavy atom. The Balaban J connectivity index is 2.05. The Bertz CT molecular complexity index is 703. The lowest BCUT2D eigenvalue weighted by Crippen LogP contribution is -2.31. The minimum absolute atomic E-state index is 0.380. The van der Waals surface area contributed by atoms with Crippen LogP contribution < -0.4 is 10.2 Å². The number of ketones is 1. The van der Waals surface area contributed by atoms with E-state index in [0.717, 1.165) is 17.1 Å². The average Bonchev–Trinajstić information content (AvgIpc) is 2.74. The van der Waals surface area contributed by atoms with Gasteiger partial charge < -0.3 is 10.2 Å². The molecule has 0 spiro atoms. The summed E-state index contributed by atoms with van der Waals surface area (Å²) in [6.45, 7) is 0.620. The summed E-state index contributed by atoms with van der Waals surface area (Å²) in [5.74, 6) is -0.434. The number of anilines is 3. The van der Waals surface area contributed by atoms with E-state index in [0.29, 0.717) is 24.3 Å². The van der Waals surface area contributed by atoms with Crippen LogP contribution in [-0.2, 0) is 9.59 Å². The lowest BCUT2D eigenvalue weighted by molar-refractivity contribution is -0.130. The van der Waals surface area contributed by atoms with E-state index in [1.165, 1.54) is 0 Å². The van der Waals surface area contributed by atoms with Crippen molar-refractivity contribution >= 4 is 40.7 Å². The highest BCUT2D eigenvalue weighted by molar-refractivity contribution is 6.31. The number of fused-ring (bicyclic) bond motifs is 1. The van der Waals surface area contributed by atoms with Crippen molar-refractivity contribution in [2.24, 2.45) is 0 Å². The first-order chi connectivity index (χ1) is 10.7. The lowest BCUT2D eigenvalue weighted by atomic mass is 10.1. The first-order valence-corrected chi connectivity index (χ1v) is 7.44. The van der Waals surface area contributed by atoms with Crippen LogP contribution in [0.25, 0.3) is 0 Å². The first kappa shape index (κ1) is 14.6. The Labute approximate surface area is 133 Å². The van der Waals surface area contributed by atoms with Crippen LogP contribution in [0.4, 0.5) is 17.1 Å². The predicted octanol–water partition coefficient (Wildman–Crippen LogP) is 3.43. The van der Waals surface area contributed by atoms with E-state index in [-0.39, 0.29) is 0 Å². The van der Waals surface area contributed by atoms with Crippen molar-refractivity contribution in [3.05, 3.63) is 53.6 Å². The number of Topliss-reactive ketones (excluding diaryl/α,β-unsaturated/α-hetero) is 1. The van der Waals surface area contributed by atoms with E-state index < -0.39 is 11.8 Å². The third kappa shape index (κ3) is 2.83. The minimum atomic E-state index is -0.508. The molecule has 0 fully saturated rings. The zero-order chi connectivity index (χ0) is 15.5. The van der Waals surface area contributed by atoms with Crippen LogP contribution in [-0.4, -0.2) is 24.7 Å². The van der Waals surface area contributed by atoms with Crippen molar-refractivity contribution < 1.29 is 9.59 Å². The van der Waals surface area contributed by atoms with Crippen LogP contribution in [0.5, 0.6) is 0 Å². The number of para-hydroxylation sites is 1. The third-order valence-electron chi connectivity index (χ3n) is 3.75. The second-order valence-corrected chi connectivity index (χ2v) is 5.59. The maximum atomic E-state index is 11.8. The van der Waals surface area contributed by atoms with Gasteiger partial charge in [-0.3, -0.25) is 9.59 Å². The summed E-state index contributed by atoms with van der Waals surface area (Å²) in [6.07, 6.45) is 0.921. The number of carbonyl (C=O) groups excluding carboxylic acids is 2. The minimum Gasteiger partial charge on any atom is -0.373 e. The zero-order valence-electron chi connectivity index (χ0n) is 11.8. The Morgan fingerprint density at radius 1 is 1.23 bits per heavy atom. The van der Waals surface area contributed by atoms with Gasteiger partial charge in [-0.05, 0) is 36.8 Å². The van der Waals surface area contributed by atoms with Gasteiger partial charge in [-0.15, -0.1) is 0 Å². The highest BCUT2D eigenvalue weighted by Crippen LogP contribution is 2.37. The van der Waals surface area contributed by atoms with Crippen molar-refractivity contribution in [2.45, 2.75) is 12.5 Å². The largest absolute Gasteiger partial charge is 0.373 e. The molecule has 4 nitrogen and oxygen atoms in total. The van der Waals surface area contributed by atoms with Crippen molar-refractivity contribution in [1.29, 1.82) is 0 Å². The van der Waals surface area contributed by atoms with Crippen LogP contribution in [0.2, 0.25) is 5.02 Å². The molecule has 1 aliphatic heterocycles. The second-order valence-electron chi connectivity index (χ2n) is 5.15. The fourth-order valence-corrected chi connectivity index (χ4v) is 2.83. The third-order valence-corrected chi connectivity index (χ3v) is 3.98. The summed E-state index contributed by atoms with van der Waals surface area (Å²) in [4.78, 5) is 24.7. The molecule has 22 heavy (non-hydrogen) atoms. The summed E-state index contributed by atoms with van der Waals surface area (Å²) < 4.78 is 0. The van der Waals surface area contributed by atoms with E-state index in [1.807, 2.05) is 42.5 Å². The van der Waals surface area contributed by atoms with Crippen LogP contribution in [0.1, 0.15) is 6.42 Å². The smallest absolute Gasteiger partial charge is 0.217 e. The van der Waals surface area contributed by atoms with Gasteiger partial charge in [0.05, 0.1) is 17.4 Å². The molecule has 1 N–H and O–H groups in total. The first-order valence-electron chi connectivity index (χ1n) is 7.07.